The van der Waals surface area contributed by atoms with E-state index in [2.05, 4.69) is 24.0 Å². The molecule has 148 valence electrons. The van der Waals surface area contributed by atoms with Gasteiger partial charge in [-0.1, -0.05) is 36.4 Å². The Balaban J connectivity index is 1.97. The molecule has 1 aromatic heterocycles. The van der Waals surface area contributed by atoms with E-state index >= 15 is 0 Å². The average molecular weight is 386 g/mol. The summed E-state index contributed by atoms with van der Waals surface area (Å²) in [6.45, 7) is 3.95. The fourth-order valence-corrected chi connectivity index (χ4v) is 3.52. The Morgan fingerprint density at radius 1 is 0.931 bits per heavy atom. The van der Waals surface area contributed by atoms with E-state index in [9.17, 15) is 9.59 Å². The number of amides is 1. The molecule has 3 aromatic rings. The Kier molecular flexibility index (Phi) is 6.23. The van der Waals surface area contributed by atoms with Crippen LogP contribution in [-0.2, 0) is 0 Å². The maximum absolute atomic E-state index is 13.0. The van der Waals surface area contributed by atoms with Crippen molar-refractivity contribution in [3.05, 3.63) is 100 Å². The number of hydrogen-bond donors (Lipinski definition) is 0. The molecule has 2 aromatic carbocycles. The van der Waals surface area contributed by atoms with Crippen molar-refractivity contribution in [2.24, 2.45) is 0 Å². The van der Waals surface area contributed by atoms with Crippen molar-refractivity contribution in [3.8, 4) is 0 Å². The van der Waals surface area contributed by atoms with Crippen LogP contribution in [0.5, 0.6) is 0 Å². The molecule has 0 aliphatic carbocycles. The van der Waals surface area contributed by atoms with E-state index in [0.717, 1.165) is 22.4 Å². The zero-order valence-corrected chi connectivity index (χ0v) is 17.3. The summed E-state index contributed by atoms with van der Waals surface area (Å²) in [5.74, 6) is -0.0368. The standard InChI is InChI=1S/C25H26N2O2/c1-17-7-5-6-8-22(17)23(16-24(28)21-13-14-26-18(2)15-21)19-9-11-20(12-10-19)25(29)27(3)4/h5-15,23H,16H2,1-4H3. The summed E-state index contributed by atoms with van der Waals surface area (Å²) in [6.07, 6.45) is 2.03. The quantitative estimate of drug-likeness (QED) is 0.572. The Labute approximate surface area is 172 Å². The van der Waals surface area contributed by atoms with Gasteiger partial charge >= 0.3 is 0 Å². The summed E-state index contributed by atoms with van der Waals surface area (Å²) >= 11 is 0. The summed E-state index contributed by atoms with van der Waals surface area (Å²) in [5, 5.41) is 0. The van der Waals surface area contributed by atoms with E-state index in [1.807, 2.05) is 49.4 Å². The maximum Gasteiger partial charge on any atom is 0.253 e. The van der Waals surface area contributed by atoms with Crippen LogP contribution >= 0.6 is 0 Å². The average Bonchev–Trinajstić information content (AvgIpc) is 2.72. The van der Waals surface area contributed by atoms with Crippen molar-refractivity contribution in [2.75, 3.05) is 14.1 Å². The second kappa shape index (κ2) is 8.82. The van der Waals surface area contributed by atoms with Crippen molar-refractivity contribution in [2.45, 2.75) is 26.2 Å². The summed E-state index contributed by atoms with van der Waals surface area (Å²) in [7, 11) is 3.48. The van der Waals surface area contributed by atoms with Gasteiger partial charge in [0.25, 0.3) is 5.91 Å². The van der Waals surface area contributed by atoms with Gasteiger partial charge < -0.3 is 4.90 Å². The predicted molar refractivity (Wildman–Crippen MR) is 115 cm³/mol. The number of aryl methyl sites for hydroxylation is 2. The number of pyridine rings is 1. The molecule has 0 N–H and O–H groups in total. The number of aromatic nitrogens is 1. The van der Waals surface area contributed by atoms with Crippen molar-refractivity contribution >= 4 is 11.7 Å². The third-order valence-corrected chi connectivity index (χ3v) is 5.14. The highest BCUT2D eigenvalue weighted by molar-refractivity contribution is 5.97. The maximum atomic E-state index is 13.0. The van der Waals surface area contributed by atoms with Gasteiger partial charge in [-0.2, -0.15) is 0 Å². The first-order chi connectivity index (χ1) is 13.9. The van der Waals surface area contributed by atoms with E-state index in [0.29, 0.717) is 17.5 Å². The number of carbonyl (C=O) groups is 2. The highest BCUT2D eigenvalue weighted by Gasteiger charge is 2.21. The van der Waals surface area contributed by atoms with Crippen LogP contribution in [-0.4, -0.2) is 35.7 Å². The van der Waals surface area contributed by atoms with Crippen LogP contribution in [0.1, 0.15) is 55.4 Å². The minimum atomic E-state index is -0.0827. The first-order valence-corrected chi connectivity index (χ1v) is 9.70. The number of rotatable bonds is 6. The van der Waals surface area contributed by atoms with Crippen LogP contribution in [0.15, 0.2) is 66.9 Å². The molecule has 1 unspecified atom stereocenters. The van der Waals surface area contributed by atoms with Crippen molar-refractivity contribution in [1.29, 1.82) is 0 Å². The van der Waals surface area contributed by atoms with Gasteiger partial charge in [0.15, 0.2) is 5.78 Å². The molecule has 0 aliphatic rings. The van der Waals surface area contributed by atoms with E-state index in [-0.39, 0.29) is 17.6 Å². The van der Waals surface area contributed by atoms with Gasteiger partial charge in [0, 0.05) is 49.5 Å². The fourth-order valence-electron chi connectivity index (χ4n) is 3.52. The number of carbonyl (C=O) groups excluding carboxylic acids is 2. The largest absolute Gasteiger partial charge is 0.345 e. The number of ketones is 1. The topological polar surface area (TPSA) is 50.3 Å². The molecule has 3 rings (SSSR count). The number of hydrogen-bond acceptors (Lipinski definition) is 3. The van der Waals surface area contributed by atoms with Crippen LogP contribution in [0, 0.1) is 13.8 Å². The van der Waals surface area contributed by atoms with Crippen molar-refractivity contribution < 1.29 is 9.59 Å². The van der Waals surface area contributed by atoms with Gasteiger partial charge in [0.1, 0.15) is 0 Å². The zero-order chi connectivity index (χ0) is 21.0. The Morgan fingerprint density at radius 2 is 1.62 bits per heavy atom. The smallest absolute Gasteiger partial charge is 0.253 e. The van der Waals surface area contributed by atoms with Gasteiger partial charge in [0.2, 0.25) is 0 Å². The molecule has 0 spiro atoms. The lowest BCUT2D eigenvalue weighted by molar-refractivity contribution is 0.0827. The van der Waals surface area contributed by atoms with E-state index in [4.69, 9.17) is 0 Å². The summed E-state index contributed by atoms with van der Waals surface area (Å²) in [5.41, 5.74) is 5.43. The minimum Gasteiger partial charge on any atom is -0.345 e. The second-order valence-electron chi connectivity index (χ2n) is 7.54. The molecule has 0 fully saturated rings. The van der Waals surface area contributed by atoms with Gasteiger partial charge in [-0.3, -0.25) is 14.6 Å². The molecular formula is C25H26N2O2. The third kappa shape index (κ3) is 4.77. The lowest BCUT2D eigenvalue weighted by atomic mass is 9.83. The Bertz CT molecular complexity index is 1020. The fraction of sp³-hybridized carbons (Fsp3) is 0.240. The van der Waals surface area contributed by atoms with Gasteiger partial charge in [-0.05, 0) is 54.8 Å². The predicted octanol–water partition coefficient (Wildman–Crippen LogP) is 4.81. The molecule has 29 heavy (non-hydrogen) atoms. The molecule has 0 saturated carbocycles. The van der Waals surface area contributed by atoms with E-state index in [1.165, 1.54) is 0 Å². The first-order valence-electron chi connectivity index (χ1n) is 9.70. The van der Waals surface area contributed by atoms with Crippen LogP contribution in [0.2, 0.25) is 0 Å². The first kappa shape index (κ1) is 20.5. The normalized spacial score (nSPS) is 11.7. The summed E-state index contributed by atoms with van der Waals surface area (Å²) in [6, 6.07) is 19.3. The zero-order valence-electron chi connectivity index (χ0n) is 17.3. The Morgan fingerprint density at radius 3 is 2.24 bits per heavy atom. The van der Waals surface area contributed by atoms with Gasteiger partial charge in [-0.25, -0.2) is 0 Å². The van der Waals surface area contributed by atoms with Gasteiger partial charge in [-0.15, -0.1) is 0 Å². The van der Waals surface area contributed by atoms with Crippen LogP contribution < -0.4 is 0 Å². The highest BCUT2D eigenvalue weighted by atomic mass is 16.2. The molecule has 1 heterocycles. The molecule has 0 saturated heterocycles. The molecule has 1 atom stereocenters. The number of Topliss-reactive ketones (excluding diaryl/α,β-unsaturated/α-hetero) is 1. The monoisotopic (exact) mass is 386 g/mol. The van der Waals surface area contributed by atoms with Crippen molar-refractivity contribution in [1.82, 2.24) is 9.88 Å². The van der Waals surface area contributed by atoms with E-state index < -0.39 is 0 Å². The molecular weight excluding hydrogens is 360 g/mol. The lowest BCUT2D eigenvalue weighted by Gasteiger charge is -2.20. The molecule has 4 heteroatoms. The van der Waals surface area contributed by atoms with Crippen LogP contribution in [0.4, 0.5) is 0 Å². The molecule has 1 amide bonds. The summed E-state index contributed by atoms with van der Waals surface area (Å²) in [4.78, 5) is 31.0. The van der Waals surface area contributed by atoms with E-state index in [1.54, 1.807) is 31.3 Å². The molecule has 0 radical (unpaired) electrons. The minimum absolute atomic E-state index is 0.0349. The number of benzene rings is 2. The SMILES string of the molecule is Cc1cc(C(=O)CC(c2ccc(C(=O)N(C)C)cc2)c2ccccc2C)ccn1. The molecule has 0 aliphatic heterocycles. The van der Waals surface area contributed by atoms with Gasteiger partial charge in [0.05, 0.1) is 0 Å². The molecule has 4 nitrogen and oxygen atoms in total. The lowest BCUT2D eigenvalue weighted by Crippen LogP contribution is -2.21. The van der Waals surface area contributed by atoms with Crippen LogP contribution in [0.25, 0.3) is 0 Å². The Hall–Kier alpha value is -3.27. The third-order valence-electron chi connectivity index (χ3n) is 5.14. The highest BCUT2D eigenvalue weighted by Crippen LogP contribution is 2.32. The number of nitrogens with zero attached hydrogens (tertiary/aromatic N) is 2. The van der Waals surface area contributed by atoms with Crippen LogP contribution in [0.3, 0.4) is 0 Å². The summed E-state index contributed by atoms with van der Waals surface area (Å²) < 4.78 is 0. The second-order valence-corrected chi connectivity index (χ2v) is 7.54. The molecule has 0 bridgehead atoms. The van der Waals surface area contributed by atoms with Crippen molar-refractivity contribution in [3.63, 3.8) is 0 Å².